The SMILES string of the molecule is COc1cccc(NC(=O)C(=O)c2ccc(C3CCCCC3)cc2)c1. The van der Waals surface area contributed by atoms with E-state index in [-0.39, 0.29) is 0 Å². The average molecular weight is 337 g/mol. The Morgan fingerprint density at radius 1 is 1.00 bits per heavy atom. The molecular weight excluding hydrogens is 314 g/mol. The van der Waals surface area contributed by atoms with E-state index in [1.165, 1.54) is 37.7 Å². The van der Waals surface area contributed by atoms with Gasteiger partial charge in [0.05, 0.1) is 7.11 Å². The zero-order valence-corrected chi connectivity index (χ0v) is 14.5. The molecule has 2 aromatic rings. The molecule has 1 N–H and O–H groups in total. The van der Waals surface area contributed by atoms with Crippen LogP contribution in [0.25, 0.3) is 0 Å². The van der Waals surface area contributed by atoms with Gasteiger partial charge in [-0.2, -0.15) is 0 Å². The Bertz CT molecular complexity index is 746. The van der Waals surface area contributed by atoms with Gasteiger partial charge in [-0.25, -0.2) is 0 Å². The molecular formula is C21H23NO3. The number of hydrogen-bond donors (Lipinski definition) is 1. The minimum absolute atomic E-state index is 0.417. The third-order valence-corrected chi connectivity index (χ3v) is 4.78. The van der Waals surface area contributed by atoms with Crippen molar-refractivity contribution in [3.63, 3.8) is 0 Å². The predicted octanol–water partition coefficient (Wildman–Crippen LogP) is 4.56. The number of anilines is 1. The first-order valence-corrected chi connectivity index (χ1v) is 8.77. The van der Waals surface area contributed by atoms with Gasteiger partial charge >= 0.3 is 0 Å². The van der Waals surface area contributed by atoms with Gasteiger partial charge in [0, 0.05) is 17.3 Å². The third kappa shape index (κ3) is 4.27. The van der Waals surface area contributed by atoms with E-state index in [4.69, 9.17) is 4.74 Å². The molecule has 0 bridgehead atoms. The van der Waals surface area contributed by atoms with Crippen LogP contribution in [0.4, 0.5) is 5.69 Å². The highest BCUT2D eigenvalue weighted by Crippen LogP contribution is 2.32. The van der Waals surface area contributed by atoms with Crippen LogP contribution in [0.3, 0.4) is 0 Å². The van der Waals surface area contributed by atoms with Gasteiger partial charge in [0.2, 0.25) is 0 Å². The van der Waals surface area contributed by atoms with E-state index in [2.05, 4.69) is 5.32 Å². The van der Waals surface area contributed by atoms with Gasteiger partial charge < -0.3 is 10.1 Å². The number of nitrogens with one attached hydrogen (secondary N) is 1. The molecule has 0 heterocycles. The summed E-state index contributed by atoms with van der Waals surface area (Å²) in [4.78, 5) is 24.5. The molecule has 0 spiro atoms. The first kappa shape index (κ1) is 17.2. The molecule has 25 heavy (non-hydrogen) atoms. The first-order chi connectivity index (χ1) is 12.2. The maximum atomic E-state index is 12.3. The van der Waals surface area contributed by atoms with Gasteiger partial charge in [0.25, 0.3) is 11.7 Å². The molecule has 0 aliphatic heterocycles. The van der Waals surface area contributed by atoms with Crippen LogP contribution in [0.2, 0.25) is 0 Å². The summed E-state index contributed by atoms with van der Waals surface area (Å²) in [6.45, 7) is 0. The summed E-state index contributed by atoms with van der Waals surface area (Å²) in [5.74, 6) is 0.0438. The summed E-state index contributed by atoms with van der Waals surface area (Å²) in [5.41, 5.74) is 2.22. The molecule has 0 aromatic heterocycles. The fourth-order valence-corrected chi connectivity index (χ4v) is 3.36. The number of methoxy groups -OCH3 is 1. The lowest BCUT2D eigenvalue weighted by atomic mass is 9.84. The molecule has 1 saturated carbocycles. The molecule has 4 nitrogen and oxygen atoms in total. The van der Waals surface area contributed by atoms with E-state index in [0.29, 0.717) is 22.9 Å². The van der Waals surface area contributed by atoms with Gasteiger partial charge in [0.1, 0.15) is 5.75 Å². The van der Waals surface area contributed by atoms with E-state index in [9.17, 15) is 9.59 Å². The lowest BCUT2D eigenvalue weighted by Crippen LogP contribution is -2.22. The van der Waals surface area contributed by atoms with Crippen molar-refractivity contribution in [2.75, 3.05) is 12.4 Å². The van der Waals surface area contributed by atoms with Crippen molar-refractivity contribution in [3.8, 4) is 5.75 Å². The van der Waals surface area contributed by atoms with Crippen LogP contribution in [0.15, 0.2) is 48.5 Å². The summed E-state index contributed by atoms with van der Waals surface area (Å²) in [5, 5.41) is 2.62. The Morgan fingerprint density at radius 3 is 2.40 bits per heavy atom. The first-order valence-electron chi connectivity index (χ1n) is 8.77. The summed E-state index contributed by atoms with van der Waals surface area (Å²) in [6, 6.07) is 14.4. The third-order valence-electron chi connectivity index (χ3n) is 4.78. The van der Waals surface area contributed by atoms with Crippen LogP contribution in [-0.4, -0.2) is 18.8 Å². The predicted molar refractivity (Wildman–Crippen MR) is 98.2 cm³/mol. The number of Topliss-reactive ketones (excluding diaryl/α,β-unsaturated/α-hetero) is 1. The normalized spacial score (nSPS) is 14.8. The highest BCUT2D eigenvalue weighted by Gasteiger charge is 2.19. The number of ketones is 1. The zero-order valence-electron chi connectivity index (χ0n) is 14.5. The molecule has 4 heteroatoms. The number of ether oxygens (including phenoxy) is 1. The van der Waals surface area contributed by atoms with Crippen LogP contribution in [0.5, 0.6) is 5.75 Å². The van der Waals surface area contributed by atoms with Crippen LogP contribution in [0, 0.1) is 0 Å². The monoisotopic (exact) mass is 337 g/mol. The lowest BCUT2D eigenvalue weighted by Gasteiger charge is -2.22. The Balaban J connectivity index is 1.66. The summed E-state index contributed by atoms with van der Waals surface area (Å²) in [6.07, 6.45) is 6.29. The Labute approximate surface area is 148 Å². The molecule has 2 aromatic carbocycles. The maximum Gasteiger partial charge on any atom is 0.296 e. The van der Waals surface area contributed by atoms with Crippen molar-refractivity contribution in [1.82, 2.24) is 0 Å². The second-order valence-electron chi connectivity index (χ2n) is 6.47. The fourth-order valence-electron chi connectivity index (χ4n) is 3.36. The maximum absolute atomic E-state index is 12.3. The second kappa shape index (κ2) is 7.97. The zero-order chi connectivity index (χ0) is 17.6. The summed E-state index contributed by atoms with van der Waals surface area (Å²) >= 11 is 0. The number of hydrogen-bond acceptors (Lipinski definition) is 3. The molecule has 0 saturated heterocycles. The van der Waals surface area contributed by atoms with Crippen LogP contribution < -0.4 is 10.1 Å². The van der Waals surface area contributed by atoms with Crippen LogP contribution in [0.1, 0.15) is 53.9 Å². The molecule has 1 aliphatic carbocycles. The second-order valence-corrected chi connectivity index (χ2v) is 6.47. The van der Waals surface area contributed by atoms with Gasteiger partial charge in [-0.15, -0.1) is 0 Å². The van der Waals surface area contributed by atoms with Crippen molar-refractivity contribution in [3.05, 3.63) is 59.7 Å². The highest BCUT2D eigenvalue weighted by atomic mass is 16.5. The van der Waals surface area contributed by atoms with Crippen LogP contribution in [-0.2, 0) is 4.79 Å². The molecule has 0 radical (unpaired) electrons. The minimum atomic E-state index is -0.640. The number of rotatable bonds is 5. The largest absolute Gasteiger partial charge is 0.497 e. The Kier molecular flexibility index (Phi) is 5.49. The topological polar surface area (TPSA) is 55.4 Å². The minimum Gasteiger partial charge on any atom is -0.497 e. The summed E-state index contributed by atoms with van der Waals surface area (Å²) < 4.78 is 5.12. The van der Waals surface area contributed by atoms with Crippen LogP contribution >= 0.6 is 0 Å². The molecule has 130 valence electrons. The molecule has 1 aliphatic rings. The van der Waals surface area contributed by atoms with Crippen molar-refractivity contribution in [2.45, 2.75) is 38.0 Å². The molecule has 1 fully saturated rings. The highest BCUT2D eigenvalue weighted by molar-refractivity contribution is 6.46. The Morgan fingerprint density at radius 2 is 1.72 bits per heavy atom. The number of carbonyl (C=O) groups excluding carboxylic acids is 2. The molecule has 1 amide bonds. The number of carbonyl (C=O) groups is 2. The number of amides is 1. The standard InChI is InChI=1S/C21H23NO3/c1-25-19-9-5-8-18(14-19)22-21(24)20(23)17-12-10-16(11-13-17)15-6-3-2-4-7-15/h5,8-15H,2-4,6-7H2,1H3,(H,22,24). The average Bonchev–Trinajstić information content (AvgIpc) is 2.68. The van der Waals surface area contributed by atoms with Gasteiger partial charge in [-0.05, 0) is 36.5 Å². The van der Waals surface area contributed by atoms with E-state index in [0.717, 1.165) is 0 Å². The lowest BCUT2D eigenvalue weighted by molar-refractivity contribution is -0.112. The molecule has 3 rings (SSSR count). The van der Waals surface area contributed by atoms with E-state index in [1.807, 2.05) is 12.1 Å². The number of benzene rings is 2. The van der Waals surface area contributed by atoms with E-state index in [1.54, 1.807) is 43.5 Å². The van der Waals surface area contributed by atoms with Gasteiger partial charge in [0.15, 0.2) is 0 Å². The van der Waals surface area contributed by atoms with Crippen molar-refractivity contribution in [2.24, 2.45) is 0 Å². The Hall–Kier alpha value is -2.62. The molecule has 0 atom stereocenters. The van der Waals surface area contributed by atoms with Gasteiger partial charge in [-0.1, -0.05) is 49.6 Å². The molecule has 0 unspecified atom stereocenters. The van der Waals surface area contributed by atoms with Crippen molar-refractivity contribution < 1.29 is 14.3 Å². The summed E-state index contributed by atoms with van der Waals surface area (Å²) in [7, 11) is 1.56. The fraction of sp³-hybridized carbons (Fsp3) is 0.333. The van der Waals surface area contributed by atoms with Gasteiger partial charge in [-0.3, -0.25) is 9.59 Å². The van der Waals surface area contributed by atoms with Crippen molar-refractivity contribution >= 4 is 17.4 Å². The van der Waals surface area contributed by atoms with Crippen molar-refractivity contribution in [1.29, 1.82) is 0 Å². The van der Waals surface area contributed by atoms with E-state index < -0.39 is 11.7 Å². The smallest absolute Gasteiger partial charge is 0.296 e. The van der Waals surface area contributed by atoms with E-state index >= 15 is 0 Å². The quantitative estimate of drug-likeness (QED) is 0.642.